The number of hydrogen-bond donors (Lipinski definition) is 1. The van der Waals surface area contributed by atoms with E-state index in [2.05, 4.69) is 39.3 Å². The molecule has 1 atom stereocenters. The average Bonchev–Trinajstić information content (AvgIpc) is 2.77. The Morgan fingerprint density at radius 1 is 1.47 bits per heavy atom. The van der Waals surface area contributed by atoms with Crippen molar-refractivity contribution in [1.29, 1.82) is 0 Å². The molecule has 1 heterocycles. The highest BCUT2D eigenvalue weighted by Gasteiger charge is 2.18. The topological polar surface area (TPSA) is 29.9 Å². The highest BCUT2D eigenvalue weighted by Crippen LogP contribution is 2.26. The van der Waals surface area contributed by atoms with E-state index < -0.39 is 0 Å². The van der Waals surface area contributed by atoms with Crippen LogP contribution in [0.25, 0.3) is 0 Å². The van der Waals surface area contributed by atoms with Crippen molar-refractivity contribution >= 4 is 27.5 Å². The third kappa shape index (κ3) is 3.38. The lowest BCUT2D eigenvalue weighted by Crippen LogP contribution is -2.22. The van der Waals surface area contributed by atoms with E-state index in [0.29, 0.717) is 0 Å². The van der Waals surface area contributed by atoms with Gasteiger partial charge in [-0.2, -0.15) is 5.10 Å². The molecule has 1 N–H and O–H groups in total. The number of likely N-dealkylation sites (N-methyl/N-ethyl adjacent to an activating group) is 1. The minimum Gasteiger partial charge on any atom is -0.311 e. The van der Waals surface area contributed by atoms with Crippen LogP contribution in [0.5, 0.6) is 0 Å². The van der Waals surface area contributed by atoms with E-state index in [1.165, 1.54) is 11.3 Å². The second-order valence-corrected chi connectivity index (χ2v) is 5.66. The second-order valence-electron chi connectivity index (χ2n) is 4.37. The summed E-state index contributed by atoms with van der Waals surface area (Å²) in [6.07, 6.45) is 2.72. The lowest BCUT2D eigenvalue weighted by atomic mass is 10.0. The Labute approximate surface area is 127 Å². The molecule has 3 nitrogen and oxygen atoms in total. The number of aromatic nitrogens is 2. The zero-order chi connectivity index (χ0) is 13.8. The first kappa shape index (κ1) is 14.6. The van der Waals surface area contributed by atoms with Crippen molar-refractivity contribution in [3.8, 4) is 0 Å². The van der Waals surface area contributed by atoms with E-state index in [9.17, 15) is 0 Å². The van der Waals surface area contributed by atoms with E-state index in [1.807, 2.05) is 36.1 Å². The lowest BCUT2D eigenvalue weighted by Gasteiger charge is -2.18. The molecular formula is C14H17BrClN3. The molecule has 5 heteroatoms. The lowest BCUT2D eigenvalue weighted by molar-refractivity contribution is 0.511. The van der Waals surface area contributed by atoms with Crippen molar-refractivity contribution in [2.75, 3.05) is 7.05 Å². The maximum atomic E-state index is 6.04. The standard InChI is InChI=1S/C14H17BrClN3/c1-3-19-14(12(15)9-18-19)13(17-2)8-10-5-4-6-11(16)7-10/h4-7,9,13,17H,3,8H2,1-2H3. The zero-order valence-corrected chi connectivity index (χ0v) is 13.4. The van der Waals surface area contributed by atoms with Crippen LogP contribution in [0.4, 0.5) is 0 Å². The molecule has 102 valence electrons. The molecule has 0 aliphatic heterocycles. The normalized spacial score (nSPS) is 12.6. The highest BCUT2D eigenvalue weighted by molar-refractivity contribution is 9.10. The van der Waals surface area contributed by atoms with Crippen LogP contribution in [-0.2, 0) is 13.0 Å². The Morgan fingerprint density at radius 3 is 2.89 bits per heavy atom. The van der Waals surface area contributed by atoms with Gasteiger partial charge in [0, 0.05) is 11.6 Å². The number of halogens is 2. The average molecular weight is 343 g/mol. The van der Waals surface area contributed by atoms with Crippen LogP contribution >= 0.6 is 27.5 Å². The van der Waals surface area contributed by atoms with Gasteiger partial charge in [0.15, 0.2) is 0 Å². The molecule has 19 heavy (non-hydrogen) atoms. The first-order valence-electron chi connectivity index (χ1n) is 6.28. The quantitative estimate of drug-likeness (QED) is 0.895. The molecule has 0 radical (unpaired) electrons. The Balaban J connectivity index is 2.27. The Bertz CT molecular complexity index is 553. The summed E-state index contributed by atoms with van der Waals surface area (Å²) in [7, 11) is 1.97. The van der Waals surface area contributed by atoms with Crippen LogP contribution in [0, 0.1) is 0 Å². The van der Waals surface area contributed by atoms with Gasteiger partial charge in [-0.05, 0) is 54.0 Å². The molecule has 0 fully saturated rings. The molecule has 1 aromatic heterocycles. The molecule has 0 aliphatic rings. The summed E-state index contributed by atoms with van der Waals surface area (Å²) in [5, 5.41) is 8.49. The van der Waals surface area contributed by atoms with Gasteiger partial charge in [-0.1, -0.05) is 23.7 Å². The number of benzene rings is 1. The Kier molecular flexibility index (Phi) is 5.02. The van der Waals surface area contributed by atoms with Crippen LogP contribution < -0.4 is 5.32 Å². The minimum atomic E-state index is 0.204. The van der Waals surface area contributed by atoms with Crippen LogP contribution in [-0.4, -0.2) is 16.8 Å². The predicted octanol–water partition coefficient (Wildman–Crippen LogP) is 3.82. The highest BCUT2D eigenvalue weighted by atomic mass is 79.9. The van der Waals surface area contributed by atoms with Crippen LogP contribution in [0.2, 0.25) is 5.02 Å². The van der Waals surface area contributed by atoms with E-state index in [-0.39, 0.29) is 6.04 Å². The van der Waals surface area contributed by atoms with Crippen molar-refractivity contribution in [2.24, 2.45) is 0 Å². The molecule has 1 unspecified atom stereocenters. The number of aryl methyl sites for hydroxylation is 1. The molecule has 2 aromatic rings. The van der Waals surface area contributed by atoms with Gasteiger partial charge in [-0.3, -0.25) is 4.68 Å². The van der Waals surface area contributed by atoms with E-state index >= 15 is 0 Å². The fourth-order valence-electron chi connectivity index (χ4n) is 2.21. The summed E-state index contributed by atoms with van der Waals surface area (Å²) in [6.45, 7) is 2.95. The van der Waals surface area contributed by atoms with Gasteiger partial charge in [0.2, 0.25) is 0 Å². The Hall–Kier alpha value is -0.840. The molecule has 0 aliphatic carbocycles. The fourth-order valence-corrected chi connectivity index (χ4v) is 2.99. The van der Waals surface area contributed by atoms with Gasteiger partial charge < -0.3 is 5.32 Å². The monoisotopic (exact) mass is 341 g/mol. The first-order valence-corrected chi connectivity index (χ1v) is 7.45. The Morgan fingerprint density at radius 2 is 2.26 bits per heavy atom. The second kappa shape index (κ2) is 6.55. The van der Waals surface area contributed by atoms with Gasteiger partial charge in [0.1, 0.15) is 0 Å². The number of nitrogens with one attached hydrogen (secondary N) is 1. The minimum absolute atomic E-state index is 0.204. The summed E-state index contributed by atoms with van der Waals surface area (Å²) >= 11 is 9.62. The van der Waals surface area contributed by atoms with Crippen molar-refractivity contribution in [3.05, 3.63) is 51.2 Å². The summed E-state index contributed by atoms with van der Waals surface area (Å²) in [4.78, 5) is 0. The van der Waals surface area contributed by atoms with Gasteiger partial charge in [-0.25, -0.2) is 0 Å². The SMILES string of the molecule is CCn1ncc(Br)c1C(Cc1cccc(Cl)c1)NC. The van der Waals surface area contributed by atoms with Gasteiger partial charge in [-0.15, -0.1) is 0 Å². The third-order valence-electron chi connectivity index (χ3n) is 3.14. The third-order valence-corrected chi connectivity index (χ3v) is 3.99. The molecule has 0 spiro atoms. The largest absolute Gasteiger partial charge is 0.311 e. The predicted molar refractivity (Wildman–Crippen MR) is 82.6 cm³/mol. The van der Waals surface area contributed by atoms with Crippen molar-refractivity contribution in [3.63, 3.8) is 0 Å². The summed E-state index contributed by atoms with van der Waals surface area (Å²) in [5.74, 6) is 0. The molecule has 0 bridgehead atoms. The molecule has 0 saturated heterocycles. The maximum Gasteiger partial charge on any atom is 0.0698 e. The van der Waals surface area contributed by atoms with Crippen LogP contribution in [0.3, 0.4) is 0 Å². The van der Waals surface area contributed by atoms with Crippen LogP contribution in [0.1, 0.15) is 24.2 Å². The van der Waals surface area contributed by atoms with E-state index in [1.54, 1.807) is 0 Å². The fraction of sp³-hybridized carbons (Fsp3) is 0.357. The molecule has 1 aromatic carbocycles. The van der Waals surface area contributed by atoms with Crippen molar-refractivity contribution in [1.82, 2.24) is 15.1 Å². The van der Waals surface area contributed by atoms with Gasteiger partial charge >= 0.3 is 0 Å². The van der Waals surface area contributed by atoms with Crippen LogP contribution in [0.15, 0.2) is 34.9 Å². The van der Waals surface area contributed by atoms with Crippen molar-refractivity contribution in [2.45, 2.75) is 25.9 Å². The summed E-state index contributed by atoms with van der Waals surface area (Å²) in [5.41, 5.74) is 2.38. The molecule has 2 rings (SSSR count). The van der Waals surface area contributed by atoms with Crippen molar-refractivity contribution < 1.29 is 0 Å². The number of hydrogen-bond acceptors (Lipinski definition) is 2. The van der Waals surface area contributed by atoms with Gasteiger partial charge in [0.05, 0.1) is 22.4 Å². The smallest absolute Gasteiger partial charge is 0.0698 e. The number of rotatable bonds is 5. The summed E-state index contributed by atoms with van der Waals surface area (Å²) in [6, 6.07) is 8.18. The summed E-state index contributed by atoms with van der Waals surface area (Å²) < 4.78 is 3.05. The molecule has 0 amide bonds. The van der Waals surface area contributed by atoms with Gasteiger partial charge in [0.25, 0.3) is 0 Å². The number of nitrogens with zero attached hydrogens (tertiary/aromatic N) is 2. The van der Waals surface area contributed by atoms with E-state index in [0.717, 1.165) is 22.5 Å². The molecular weight excluding hydrogens is 326 g/mol. The first-order chi connectivity index (χ1) is 9.15. The maximum absolute atomic E-state index is 6.04. The zero-order valence-electron chi connectivity index (χ0n) is 11.0. The van der Waals surface area contributed by atoms with E-state index in [4.69, 9.17) is 11.6 Å². The molecule has 0 saturated carbocycles.